The Morgan fingerprint density at radius 1 is 1.33 bits per heavy atom. The Kier molecular flexibility index (Phi) is 6.94. The lowest BCUT2D eigenvalue weighted by molar-refractivity contribution is 0.0346. The number of ether oxygens (including phenoxy) is 1. The molecule has 0 radical (unpaired) electrons. The van der Waals surface area contributed by atoms with Gasteiger partial charge >= 0.3 is 0 Å². The minimum Gasteiger partial charge on any atom is -0.486 e. The summed E-state index contributed by atoms with van der Waals surface area (Å²) in [6.45, 7) is 5.79. The lowest BCUT2D eigenvalue weighted by atomic mass is 9.99. The fraction of sp³-hybridized carbons (Fsp3) is 0.667. The molecule has 1 amide bonds. The Morgan fingerprint density at radius 2 is 2.03 bits per heavy atom. The molecule has 0 aromatic heterocycles. The molecular weight excluding hydrogens is 406 g/mol. The summed E-state index contributed by atoms with van der Waals surface area (Å²) in [7, 11) is -1.49. The molecule has 0 saturated heterocycles. The highest BCUT2D eigenvalue weighted by atomic mass is 32.2. The van der Waals surface area contributed by atoms with Crippen LogP contribution in [0.15, 0.2) is 18.2 Å². The third-order valence-corrected chi connectivity index (χ3v) is 6.34. The minimum atomic E-state index is -3.55. The van der Waals surface area contributed by atoms with Crippen LogP contribution in [-0.4, -0.2) is 80.9 Å². The number of benzene rings is 1. The van der Waals surface area contributed by atoms with E-state index in [2.05, 4.69) is 16.7 Å². The molecule has 1 fully saturated rings. The predicted octanol–water partition coefficient (Wildman–Crippen LogP) is 1.62. The predicted molar refractivity (Wildman–Crippen MR) is 116 cm³/mol. The maximum Gasteiger partial charge on any atom is 0.258 e. The van der Waals surface area contributed by atoms with Crippen molar-refractivity contribution in [2.24, 2.45) is 11.8 Å². The van der Waals surface area contributed by atoms with E-state index < -0.39 is 10.0 Å². The van der Waals surface area contributed by atoms with Crippen LogP contribution in [0.1, 0.15) is 37.0 Å². The molecule has 1 saturated carbocycles. The van der Waals surface area contributed by atoms with Crippen LogP contribution in [0, 0.1) is 11.8 Å². The van der Waals surface area contributed by atoms with Crippen molar-refractivity contribution in [1.82, 2.24) is 9.80 Å². The first kappa shape index (κ1) is 22.8. The normalized spacial score (nSPS) is 23.4. The average Bonchev–Trinajstić information content (AvgIpc) is 3.47. The van der Waals surface area contributed by atoms with Crippen molar-refractivity contribution < 1.29 is 23.1 Å². The maximum absolute atomic E-state index is 13.3. The van der Waals surface area contributed by atoms with Gasteiger partial charge in [0.2, 0.25) is 10.0 Å². The molecular formula is C21H33N3O5S. The van der Waals surface area contributed by atoms with Gasteiger partial charge in [0.25, 0.3) is 5.91 Å². The number of aliphatic hydroxyl groups excluding tert-OH is 1. The van der Waals surface area contributed by atoms with Crippen molar-refractivity contribution in [3.8, 4) is 5.75 Å². The van der Waals surface area contributed by atoms with Crippen LogP contribution in [0.4, 0.5) is 5.69 Å². The van der Waals surface area contributed by atoms with E-state index in [1.165, 1.54) is 12.8 Å². The van der Waals surface area contributed by atoms with Crippen LogP contribution in [0.25, 0.3) is 0 Å². The number of hydrogen-bond acceptors (Lipinski definition) is 6. The molecule has 0 bridgehead atoms. The zero-order valence-corrected chi connectivity index (χ0v) is 19.0. The van der Waals surface area contributed by atoms with E-state index >= 15 is 0 Å². The zero-order valence-electron chi connectivity index (χ0n) is 18.2. The number of nitrogens with one attached hydrogen (secondary N) is 1. The number of carbonyl (C=O) groups is 1. The number of nitrogens with zero attached hydrogens (tertiary/aromatic N) is 2. The van der Waals surface area contributed by atoms with Gasteiger partial charge in [0.15, 0.2) is 5.75 Å². The molecule has 3 atom stereocenters. The standard InChI is InChI=1S/C21H33N3O5S/c1-14-10-24(15(2)13-25)21(26)17-6-5-7-18(22-30(4,27)28)20(17)29-19(14)12-23(3)11-16-8-9-16/h5-7,14-16,19,22,25H,8-13H2,1-4H3/t14-,15+,19-/m0/s1. The Balaban J connectivity index is 1.99. The highest BCUT2D eigenvalue weighted by Crippen LogP contribution is 2.35. The number of likely N-dealkylation sites (N-methyl/N-ethyl adjacent to an activating group) is 1. The molecule has 1 aromatic carbocycles. The highest BCUT2D eigenvalue weighted by molar-refractivity contribution is 7.92. The lowest BCUT2D eigenvalue weighted by Gasteiger charge is -2.38. The summed E-state index contributed by atoms with van der Waals surface area (Å²) < 4.78 is 32.6. The van der Waals surface area contributed by atoms with Crippen LogP contribution < -0.4 is 9.46 Å². The van der Waals surface area contributed by atoms with E-state index in [1.54, 1.807) is 30.0 Å². The van der Waals surface area contributed by atoms with Crippen molar-refractivity contribution >= 4 is 21.6 Å². The van der Waals surface area contributed by atoms with Gasteiger partial charge in [-0.05, 0) is 44.9 Å². The monoisotopic (exact) mass is 439 g/mol. The Labute approximate surface area is 179 Å². The van der Waals surface area contributed by atoms with Gasteiger partial charge in [0.1, 0.15) is 6.10 Å². The number of anilines is 1. The number of carbonyl (C=O) groups excluding carboxylic acids is 1. The van der Waals surface area contributed by atoms with Crippen LogP contribution in [-0.2, 0) is 10.0 Å². The van der Waals surface area contributed by atoms with Gasteiger partial charge in [-0.3, -0.25) is 9.52 Å². The molecule has 1 aliphatic heterocycles. The lowest BCUT2D eigenvalue weighted by Crippen LogP contribution is -2.50. The van der Waals surface area contributed by atoms with Gasteiger partial charge in [-0.2, -0.15) is 0 Å². The summed E-state index contributed by atoms with van der Waals surface area (Å²) in [5.41, 5.74) is 0.551. The number of sulfonamides is 1. The maximum atomic E-state index is 13.3. The smallest absolute Gasteiger partial charge is 0.258 e. The summed E-state index contributed by atoms with van der Waals surface area (Å²) in [5.74, 6) is 0.699. The third kappa shape index (κ3) is 5.65. The fourth-order valence-corrected chi connectivity index (χ4v) is 4.42. The minimum absolute atomic E-state index is 0.0101. The highest BCUT2D eigenvalue weighted by Gasteiger charge is 2.35. The molecule has 0 unspecified atom stereocenters. The Bertz CT molecular complexity index is 871. The molecule has 2 aliphatic rings. The molecule has 168 valence electrons. The molecule has 1 aliphatic carbocycles. The number of amides is 1. The second-order valence-electron chi connectivity index (χ2n) is 8.84. The van der Waals surface area contributed by atoms with Crippen molar-refractivity contribution in [1.29, 1.82) is 0 Å². The summed E-state index contributed by atoms with van der Waals surface area (Å²) >= 11 is 0. The Hall–Kier alpha value is -1.84. The van der Waals surface area contributed by atoms with Gasteiger partial charge in [-0.25, -0.2) is 8.42 Å². The van der Waals surface area contributed by atoms with Crippen molar-refractivity contribution in [3.05, 3.63) is 23.8 Å². The van der Waals surface area contributed by atoms with Gasteiger partial charge < -0.3 is 19.6 Å². The molecule has 3 rings (SSSR count). The van der Waals surface area contributed by atoms with Gasteiger partial charge in [0, 0.05) is 25.6 Å². The van der Waals surface area contributed by atoms with E-state index in [4.69, 9.17) is 4.74 Å². The van der Waals surface area contributed by atoms with Gasteiger partial charge in [0.05, 0.1) is 30.2 Å². The summed E-state index contributed by atoms with van der Waals surface area (Å²) in [4.78, 5) is 17.2. The number of fused-ring (bicyclic) bond motifs is 1. The molecule has 8 nitrogen and oxygen atoms in total. The van der Waals surface area contributed by atoms with Gasteiger partial charge in [-0.15, -0.1) is 0 Å². The molecule has 1 heterocycles. The molecule has 1 aromatic rings. The third-order valence-electron chi connectivity index (χ3n) is 5.74. The number of para-hydroxylation sites is 1. The summed E-state index contributed by atoms with van der Waals surface area (Å²) in [6.07, 6.45) is 3.34. The van der Waals surface area contributed by atoms with Gasteiger partial charge in [-0.1, -0.05) is 13.0 Å². The molecule has 9 heteroatoms. The number of rotatable bonds is 8. The largest absolute Gasteiger partial charge is 0.486 e. The summed E-state index contributed by atoms with van der Waals surface area (Å²) in [6, 6.07) is 4.52. The SMILES string of the molecule is C[C@H](CO)N1C[C@H](C)[C@H](CN(C)CC2CC2)Oc2c(NS(C)(=O)=O)cccc2C1=O. The fourth-order valence-electron chi connectivity index (χ4n) is 3.86. The summed E-state index contributed by atoms with van der Waals surface area (Å²) in [5, 5.41) is 9.70. The van der Waals surface area contributed by atoms with E-state index in [0.29, 0.717) is 18.7 Å². The average molecular weight is 440 g/mol. The van der Waals surface area contributed by atoms with Crippen molar-refractivity contribution in [2.75, 3.05) is 44.3 Å². The number of hydrogen-bond donors (Lipinski definition) is 2. The first-order chi connectivity index (χ1) is 14.1. The van der Waals surface area contributed by atoms with Crippen LogP contribution in [0.5, 0.6) is 5.75 Å². The zero-order chi connectivity index (χ0) is 22.1. The van der Waals surface area contributed by atoms with E-state index in [0.717, 1.165) is 18.7 Å². The van der Waals surface area contributed by atoms with Crippen LogP contribution in [0.2, 0.25) is 0 Å². The van der Waals surface area contributed by atoms with E-state index in [9.17, 15) is 18.3 Å². The van der Waals surface area contributed by atoms with Crippen LogP contribution in [0.3, 0.4) is 0 Å². The number of aliphatic hydroxyl groups is 1. The first-order valence-electron chi connectivity index (χ1n) is 10.5. The Morgan fingerprint density at radius 3 is 2.63 bits per heavy atom. The van der Waals surface area contributed by atoms with Crippen molar-refractivity contribution in [2.45, 2.75) is 38.8 Å². The van der Waals surface area contributed by atoms with Crippen LogP contribution >= 0.6 is 0 Å². The second kappa shape index (κ2) is 9.11. The molecule has 0 spiro atoms. The topological polar surface area (TPSA) is 99.2 Å². The quantitative estimate of drug-likeness (QED) is 0.639. The van der Waals surface area contributed by atoms with E-state index in [1.807, 2.05) is 6.92 Å². The molecule has 30 heavy (non-hydrogen) atoms. The van der Waals surface area contributed by atoms with Crippen molar-refractivity contribution in [3.63, 3.8) is 0 Å². The molecule has 2 N–H and O–H groups in total. The van der Waals surface area contributed by atoms with E-state index in [-0.39, 0.29) is 42.0 Å². The first-order valence-corrected chi connectivity index (χ1v) is 12.4. The second-order valence-corrected chi connectivity index (χ2v) is 10.6.